The van der Waals surface area contributed by atoms with Gasteiger partial charge in [-0.05, 0) is 25.8 Å². The molecular formula is C19H26N6O5S. The Morgan fingerprint density at radius 2 is 1.71 bits per heavy atom. The Hall–Kier alpha value is -2.28. The summed E-state index contributed by atoms with van der Waals surface area (Å²) in [7, 11) is -3.78. The zero-order valence-corrected chi connectivity index (χ0v) is 18.2. The summed E-state index contributed by atoms with van der Waals surface area (Å²) in [6.45, 7) is 5.99. The van der Waals surface area contributed by atoms with Crippen LogP contribution in [0.2, 0.25) is 0 Å². The van der Waals surface area contributed by atoms with Crippen molar-refractivity contribution in [2.24, 2.45) is 0 Å². The number of sulfonamides is 1. The van der Waals surface area contributed by atoms with Gasteiger partial charge in [0.1, 0.15) is 11.3 Å². The third-order valence-corrected chi connectivity index (χ3v) is 7.62. The lowest BCUT2D eigenvalue weighted by Crippen LogP contribution is -2.41. The first kappa shape index (κ1) is 20.6. The maximum atomic E-state index is 13.2. The predicted molar refractivity (Wildman–Crippen MR) is 111 cm³/mol. The van der Waals surface area contributed by atoms with Crippen molar-refractivity contribution < 1.29 is 22.7 Å². The maximum absolute atomic E-state index is 13.2. The number of hydrogen-bond donors (Lipinski definition) is 1. The second-order valence-corrected chi connectivity index (χ2v) is 10.1. The van der Waals surface area contributed by atoms with E-state index in [4.69, 9.17) is 9.47 Å². The monoisotopic (exact) mass is 450 g/mol. The highest BCUT2D eigenvalue weighted by molar-refractivity contribution is 7.89. The van der Waals surface area contributed by atoms with Crippen molar-refractivity contribution in [2.45, 2.75) is 30.2 Å². The maximum Gasteiger partial charge on any atom is 0.276 e. The molecule has 12 heteroatoms. The van der Waals surface area contributed by atoms with Crippen LogP contribution in [-0.4, -0.2) is 92.2 Å². The van der Waals surface area contributed by atoms with Crippen molar-refractivity contribution in [2.75, 3.05) is 57.5 Å². The van der Waals surface area contributed by atoms with E-state index >= 15 is 0 Å². The molecule has 2 aliphatic heterocycles. The molecule has 3 fully saturated rings. The third-order valence-electron chi connectivity index (χ3n) is 6.00. The molecular weight excluding hydrogens is 424 g/mol. The van der Waals surface area contributed by atoms with Gasteiger partial charge in [-0.1, -0.05) is 5.21 Å². The van der Waals surface area contributed by atoms with Gasteiger partial charge in [-0.25, -0.2) is 13.1 Å². The third kappa shape index (κ3) is 4.00. The number of carbonyl (C=O) groups is 1. The summed E-state index contributed by atoms with van der Waals surface area (Å²) in [6, 6.07) is 3.09. The average Bonchev–Trinajstić information content (AvgIpc) is 3.33. The fraction of sp³-hybridized carbons (Fsp3) is 0.632. The van der Waals surface area contributed by atoms with Gasteiger partial charge >= 0.3 is 0 Å². The minimum atomic E-state index is -3.78. The van der Waals surface area contributed by atoms with Crippen molar-refractivity contribution in [1.29, 1.82) is 0 Å². The smallest absolute Gasteiger partial charge is 0.276 e. The summed E-state index contributed by atoms with van der Waals surface area (Å²) in [6.07, 6.45) is 1.61. The first-order valence-corrected chi connectivity index (χ1v) is 12.0. The van der Waals surface area contributed by atoms with Gasteiger partial charge in [0, 0.05) is 37.8 Å². The van der Waals surface area contributed by atoms with Crippen LogP contribution in [-0.2, 0) is 19.5 Å². The summed E-state index contributed by atoms with van der Waals surface area (Å²) < 4.78 is 41.4. The van der Waals surface area contributed by atoms with E-state index in [0.717, 1.165) is 12.8 Å². The van der Waals surface area contributed by atoms with Crippen molar-refractivity contribution in [3.05, 3.63) is 17.8 Å². The van der Waals surface area contributed by atoms with Crippen LogP contribution >= 0.6 is 0 Å². The fourth-order valence-electron chi connectivity index (χ4n) is 3.87. The van der Waals surface area contributed by atoms with E-state index < -0.39 is 15.6 Å². The number of hydrogen-bond acceptors (Lipinski definition) is 8. The Kier molecular flexibility index (Phi) is 5.12. The molecule has 2 aromatic heterocycles. The standard InChI is InChI=1S/C19H26N6O5S/c1-19(2-3-19)21-31(27,28)14-12-15-17(18(26)24-6-10-30-11-7-24)20-22-25(15)16(13-14)23-4-8-29-9-5-23/h12-13,21H,2-11H2,1H3. The number of pyridine rings is 1. The zero-order valence-electron chi connectivity index (χ0n) is 17.4. The second-order valence-electron chi connectivity index (χ2n) is 8.45. The molecule has 0 spiro atoms. The number of aromatic nitrogens is 3. The number of rotatable bonds is 5. The van der Waals surface area contributed by atoms with Crippen LogP contribution in [0.4, 0.5) is 5.82 Å². The Balaban J connectivity index is 1.60. The lowest BCUT2D eigenvalue weighted by atomic mass is 10.2. The van der Waals surface area contributed by atoms with E-state index in [1.165, 1.54) is 6.07 Å². The molecule has 0 radical (unpaired) electrons. The van der Waals surface area contributed by atoms with Gasteiger partial charge in [-0.2, -0.15) is 4.52 Å². The number of anilines is 1. The van der Waals surface area contributed by atoms with Crippen molar-refractivity contribution >= 4 is 27.3 Å². The summed E-state index contributed by atoms with van der Waals surface area (Å²) in [4.78, 5) is 16.9. The molecule has 168 valence electrons. The molecule has 5 rings (SSSR count). The van der Waals surface area contributed by atoms with Gasteiger partial charge in [0.25, 0.3) is 5.91 Å². The van der Waals surface area contributed by atoms with Crippen molar-refractivity contribution in [3.63, 3.8) is 0 Å². The van der Waals surface area contributed by atoms with E-state index in [2.05, 4.69) is 15.0 Å². The normalized spacial score (nSPS) is 21.5. The number of amides is 1. The van der Waals surface area contributed by atoms with E-state index in [1.807, 2.05) is 11.8 Å². The molecule has 0 aromatic carbocycles. The van der Waals surface area contributed by atoms with Crippen LogP contribution in [0.3, 0.4) is 0 Å². The minimum absolute atomic E-state index is 0.105. The molecule has 0 atom stereocenters. The molecule has 1 N–H and O–H groups in total. The molecule has 0 bridgehead atoms. The summed E-state index contributed by atoms with van der Waals surface area (Å²) >= 11 is 0. The molecule has 11 nitrogen and oxygen atoms in total. The highest BCUT2D eigenvalue weighted by atomic mass is 32.2. The number of nitrogens with one attached hydrogen (secondary N) is 1. The van der Waals surface area contributed by atoms with E-state index in [1.54, 1.807) is 15.5 Å². The van der Waals surface area contributed by atoms with E-state index in [-0.39, 0.29) is 16.5 Å². The lowest BCUT2D eigenvalue weighted by molar-refractivity contribution is 0.0300. The lowest BCUT2D eigenvalue weighted by Gasteiger charge is -2.29. The molecule has 2 saturated heterocycles. The van der Waals surface area contributed by atoms with Crippen LogP contribution in [0.15, 0.2) is 17.0 Å². The van der Waals surface area contributed by atoms with Gasteiger partial charge in [-0.3, -0.25) is 4.79 Å². The molecule has 0 unspecified atom stereocenters. The van der Waals surface area contributed by atoms with Gasteiger partial charge in [0.2, 0.25) is 10.0 Å². The SMILES string of the molecule is CC1(NS(=O)(=O)c2cc(N3CCOCC3)n3nnc(C(=O)N4CCOCC4)c3c2)CC1. The molecule has 2 aromatic rings. The minimum Gasteiger partial charge on any atom is -0.378 e. The Labute approximate surface area is 180 Å². The topological polar surface area (TPSA) is 118 Å². The van der Waals surface area contributed by atoms with Gasteiger partial charge < -0.3 is 19.3 Å². The van der Waals surface area contributed by atoms with Crippen LogP contribution < -0.4 is 9.62 Å². The van der Waals surface area contributed by atoms with Crippen LogP contribution in [0, 0.1) is 0 Å². The quantitative estimate of drug-likeness (QED) is 0.669. The number of ether oxygens (including phenoxy) is 2. The molecule has 31 heavy (non-hydrogen) atoms. The predicted octanol–water partition coefficient (Wildman–Crippen LogP) is -0.131. The van der Waals surface area contributed by atoms with Crippen molar-refractivity contribution in [3.8, 4) is 0 Å². The number of fused-ring (bicyclic) bond motifs is 1. The summed E-state index contributed by atoms with van der Waals surface area (Å²) in [5.41, 5.74) is 0.113. The van der Waals surface area contributed by atoms with E-state index in [9.17, 15) is 13.2 Å². The molecule has 1 saturated carbocycles. The van der Waals surface area contributed by atoms with E-state index in [0.29, 0.717) is 63.9 Å². The molecule has 3 aliphatic rings. The molecule has 4 heterocycles. The van der Waals surface area contributed by atoms with Gasteiger partial charge in [-0.15, -0.1) is 5.10 Å². The zero-order chi connectivity index (χ0) is 21.6. The van der Waals surface area contributed by atoms with Crippen LogP contribution in [0.25, 0.3) is 5.52 Å². The Morgan fingerprint density at radius 3 is 2.35 bits per heavy atom. The van der Waals surface area contributed by atoms with Gasteiger partial charge in [0.05, 0.1) is 31.3 Å². The highest BCUT2D eigenvalue weighted by Gasteiger charge is 2.41. The first-order valence-electron chi connectivity index (χ1n) is 10.5. The summed E-state index contributed by atoms with van der Waals surface area (Å²) in [5, 5.41) is 8.35. The Morgan fingerprint density at radius 1 is 1.06 bits per heavy atom. The van der Waals surface area contributed by atoms with Crippen molar-refractivity contribution in [1.82, 2.24) is 24.4 Å². The largest absolute Gasteiger partial charge is 0.378 e. The van der Waals surface area contributed by atoms with Crippen LogP contribution in [0.5, 0.6) is 0 Å². The van der Waals surface area contributed by atoms with Gasteiger partial charge in [0.15, 0.2) is 5.69 Å². The second kappa shape index (κ2) is 7.69. The first-order chi connectivity index (χ1) is 14.9. The average molecular weight is 451 g/mol. The number of morpholine rings is 2. The number of carbonyl (C=O) groups excluding carboxylic acids is 1. The highest BCUT2D eigenvalue weighted by Crippen LogP contribution is 2.36. The summed E-state index contributed by atoms with van der Waals surface area (Å²) in [5.74, 6) is 0.304. The number of nitrogens with zero attached hydrogens (tertiary/aromatic N) is 5. The Bertz CT molecular complexity index is 1100. The molecule has 1 aliphatic carbocycles. The molecule has 1 amide bonds. The van der Waals surface area contributed by atoms with Crippen LogP contribution in [0.1, 0.15) is 30.3 Å². The fourth-order valence-corrected chi connectivity index (χ4v) is 5.37.